The molecule has 0 atom stereocenters. The maximum Gasteiger partial charge on any atom is 0.321 e. The highest BCUT2D eigenvalue weighted by molar-refractivity contribution is 5.99. The summed E-state index contributed by atoms with van der Waals surface area (Å²) in [5.41, 5.74) is -0.372. The van der Waals surface area contributed by atoms with Crippen LogP contribution < -0.4 is 15.5 Å². The number of carbonyl (C=O) groups is 3. The number of nitrogens with zero attached hydrogens (tertiary/aromatic N) is 1. The number of esters is 1. The highest BCUT2D eigenvalue weighted by Crippen LogP contribution is 2.35. The van der Waals surface area contributed by atoms with E-state index in [2.05, 4.69) is 15.4 Å². The topological polar surface area (TPSA) is 87.7 Å². The summed E-state index contributed by atoms with van der Waals surface area (Å²) in [6, 6.07) is 3.72. The van der Waals surface area contributed by atoms with E-state index in [0.29, 0.717) is 31.6 Å². The maximum absolute atomic E-state index is 14.2. The van der Waals surface area contributed by atoms with Crippen LogP contribution in [0.25, 0.3) is 0 Å². The lowest BCUT2D eigenvalue weighted by Gasteiger charge is -2.41. The molecule has 7 nitrogen and oxygen atoms in total. The summed E-state index contributed by atoms with van der Waals surface area (Å²) in [4.78, 5) is 37.3. The van der Waals surface area contributed by atoms with E-state index in [1.54, 1.807) is 0 Å². The van der Waals surface area contributed by atoms with Crippen LogP contribution in [-0.4, -0.2) is 43.6 Å². The Morgan fingerprint density at radius 3 is 2.72 bits per heavy atom. The molecule has 0 unspecified atom stereocenters. The second kappa shape index (κ2) is 6.70. The Morgan fingerprint density at radius 2 is 2.16 bits per heavy atom. The number of nitrogens with one attached hydrogen (secondary N) is 2. The van der Waals surface area contributed by atoms with Gasteiger partial charge in [-0.2, -0.15) is 0 Å². The zero-order chi connectivity index (χ0) is 18.0. The Hall–Kier alpha value is -2.64. The Bertz CT molecular complexity index is 718. The molecule has 3 amide bonds. The van der Waals surface area contributed by atoms with Crippen LogP contribution in [0.3, 0.4) is 0 Å². The number of urea groups is 1. The minimum absolute atomic E-state index is 0.0606. The summed E-state index contributed by atoms with van der Waals surface area (Å²) in [5.74, 6) is -1.68. The number of hydrogen-bond donors (Lipinski definition) is 2. The van der Waals surface area contributed by atoms with E-state index >= 15 is 0 Å². The van der Waals surface area contributed by atoms with Gasteiger partial charge >= 0.3 is 12.0 Å². The molecule has 0 spiro atoms. The van der Waals surface area contributed by atoms with Crippen molar-refractivity contribution in [2.75, 3.05) is 25.1 Å². The average Bonchev–Trinajstić information content (AvgIpc) is 2.99. The third-order valence-electron chi connectivity index (χ3n) is 4.76. The first-order valence-electron chi connectivity index (χ1n) is 8.18. The molecule has 1 saturated heterocycles. The van der Waals surface area contributed by atoms with Gasteiger partial charge in [-0.3, -0.25) is 14.5 Å². The van der Waals surface area contributed by atoms with Crippen molar-refractivity contribution in [3.63, 3.8) is 0 Å². The van der Waals surface area contributed by atoms with Gasteiger partial charge in [0.1, 0.15) is 5.82 Å². The lowest BCUT2D eigenvalue weighted by molar-refractivity contribution is -0.143. The summed E-state index contributed by atoms with van der Waals surface area (Å²) in [7, 11) is 1.29. The van der Waals surface area contributed by atoms with Gasteiger partial charge in [-0.05, 0) is 37.5 Å². The first-order valence-corrected chi connectivity index (χ1v) is 8.18. The van der Waals surface area contributed by atoms with Crippen LogP contribution in [0.2, 0.25) is 0 Å². The molecule has 1 aliphatic heterocycles. The molecule has 2 fully saturated rings. The predicted octanol–water partition coefficient (Wildman–Crippen LogP) is 1.57. The van der Waals surface area contributed by atoms with Crippen molar-refractivity contribution >= 4 is 23.6 Å². The molecule has 0 aromatic heterocycles. The quantitative estimate of drug-likeness (QED) is 0.790. The monoisotopic (exact) mass is 349 g/mol. The Kier molecular flexibility index (Phi) is 4.61. The van der Waals surface area contributed by atoms with Gasteiger partial charge in [0.2, 0.25) is 0 Å². The molecule has 3 rings (SSSR count). The summed E-state index contributed by atoms with van der Waals surface area (Å²) in [6.07, 6.45) is 2.23. The van der Waals surface area contributed by atoms with Crippen molar-refractivity contribution in [1.82, 2.24) is 10.6 Å². The van der Waals surface area contributed by atoms with Crippen LogP contribution in [0.5, 0.6) is 0 Å². The second-order valence-electron chi connectivity index (χ2n) is 6.39. The Labute approximate surface area is 144 Å². The summed E-state index contributed by atoms with van der Waals surface area (Å²) in [5, 5.41) is 5.44. The molecule has 1 heterocycles. The van der Waals surface area contributed by atoms with E-state index < -0.39 is 23.2 Å². The molecular weight excluding hydrogens is 329 g/mol. The van der Waals surface area contributed by atoms with Gasteiger partial charge in [-0.25, -0.2) is 9.18 Å². The third kappa shape index (κ3) is 3.42. The number of carbonyl (C=O) groups excluding carboxylic acids is 3. The fourth-order valence-electron chi connectivity index (χ4n) is 3.18. The summed E-state index contributed by atoms with van der Waals surface area (Å²) >= 11 is 0. The number of halogens is 1. The second-order valence-corrected chi connectivity index (χ2v) is 6.39. The fraction of sp³-hybridized carbons (Fsp3) is 0.471. The fourth-order valence-corrected chi connectivity index (χ4v) is 3.18. The number of hydrogen-bond acceptors (Lipinski definition) is 4. The zero-order valence-corrected chi connectivity index (χ0v) is 13.9. The van der Waals surface area contributed by atoms with Crippen molar-refractivity contribution in [2.45, 2.75) is 31.2 Å². The van der Waals surface area contributed by atoms with Gasteiger partial charge in [-0.1, -0.05) is 0 Å². The van der Waals surface area contributed by atoms with Gasteiger partial charge < -0.3 is 15.4 Å². The molecular formula is C17H20FN3O4. The van der Waals surface area contributed by atoms with Gasteiger partial charge in [0, 0.05) is 18.8 Å². The number of benzene rings is 1. The van der Waals surface area contributed by atoms with Crippen LogP contribution in [0.1, 0.15) is 36.0 Å². The van der Waals surface area contributed by atoms with E-state index in [9.17, 15) is 18.8 Å². The van der Waals surface area contributed by atoms with Crippen LogP contribution in [0, 0.1) is 5.82 Å². The van der Waals surface area contributed by atoms with Crippen LogP contribution in [-0.2, 0) is 9.53 Å². The minimum atomic E-state index is -0.683. The zero-order valence-electron chi connectivity index (χ0n) is 13.9. The SMILES string of the molecule is COC(=O)CC1(NC(=O)c2cc(N3CCNC3=O)ccc2F)CCC1. The first-order chi connectivity index (χ1) is 11.9. The van der Waals surface area contributed by atoms with Crippen molar-refractivity contribution in [3.8, 4) is 0 Å². The molecule has 0 bridgehead atoms. The van der Waals surface area contributed by atoms with E-state index in [1.807, 2.05) is 0 Å². The highest BCUT2D eigenvalue weighted by atomic mass is 19.1. The van der Waals surface area contributed by atoms with Gasteiger partial charge in [0.05, 0.1) is 24.6 Å². The largest absolute Gasteiger partial charge is 0.469 e. The van der Waals surface area contributed by atoms with Crippen molar-refractivity contribution in [1.29, 1.82) is 0 Å². The lowest BCUT2D eigenvalue weighted by Crippen LogP contribution is -2.55. The van der Waals surface area contributed by atoms with Crippen LogP contribution >= 0.6 is 0 Å². The molecule has 25 heavy (non-hydrogen) atoms. The van der Waals surface area contributed by atoms with Gasteiger partial charge in [-0.15, -0.1) is 0 Å². The average molecular weight is 349 g/mol. The van der Waals surface area contributed by atoms with E-state index in [4.69, 9.17) is 0 Å². The van der Waals surface area contributed by atoms with E-state index in [-0.39, 0.29) is 18.0 Å². The lowest BCUT2D eigenvalue weighted by atomic mass is 9.74. The molecule has 134 valence electrons. The van der Waals surface area contributed by atoms with Crippen molar-refractivity contribution < 1.29 is 23.5 Å². The van der Waals surface area contributed by atoms with Crippen LogP contribution in [0.4, 0.5) is 14.9 Å². The predicted molar refractivity (Wildman–Crippen MR) is 87.8 cm³/mol. The first kappa shape index (κ1) is 17.2. The summed E-state index contributed by atoms with van der Waals surface area (Å²) in [6.45, 7) is 0.956. The Morgan fingerprint density at radius 1 is 1.40 bits per heavy atom. The number of ether oxygens (including phenoxy) is 1. The van der Waals surface area contributed by atoms with Gasteiger partial charge in [0.25, 0.3) is 5.91 Å². The minimum Gasteiger partial charge on any atom is -0.469 e. The van der Waals surface area contributed by atoms with Gasteiger partial charge in [0.15, 0.2) is 0 Å². The molecule has 2 N–H and O–H groups in total. The highest BCUT2D eigenvalue weighted by Gasteiger charge is 2.41. The number of amides is 3. The van der Waals surface area contributed by atoms with Crippen LogP contribution in [0.15, 0.2) is 18.2 Å². The normalized spacial score (nSPS) is 18.3. The maximum atomic E-state index is 14.2. The molecule has 2 aliphatic rings. The van der Waals surface area contributed by atoms with Crippen molar-refractivity contribution in [3.05, 3.63) is 29.6 Å². The smallest absolute Gasteiger partial charge is 0.321 e. The molecule has 0 radical (unpaired) electrons. The van der Waals surface area contributed by atoms with E-state index in [0.717, 1.165) is 6.42 Å². The Balaban J connectivity index is 1.79. The molecule has 1 aliphatic carbocycles. The third-order valence-corrected chi connectivity index (χ3v) is 4.76. The molecule has 1 saturated carbocycles. The van der Waals surface area contributed by atoms with Crippen molar-refractivity contribution in [2.24, 2.45) is 0 Å². The standard InChI is InChI=1S/C17H20FN3O4/c1-25-14(22)10-17(5-2-6-17)20-15(23)12-9-11(3-4-13(12)18)21-8-7-19-16(21)24/h3-4,9H,2,5-8,10H2,1H3,(H,19,24)(H,20,23). The summed E-state index contributed by atoms with van der Waals surface area (Å²) < 4.78 is 18.8. The molecule has 1 aromatic carbocycles. The number of anilines is 1. The molecule has 8 heteroatoms. The molecule has 1 aromatic rings. The number of methoxy groups -OCH3 is 1. The number of rotatable bonds is 5. The van der Waals surface area contributed by atoms with E-state index in [1.165, 1.54) is 30.2 Å².